The second-order valence-electron chi connectivity index (χ2n) is 5.78. The van der Waals surface area contributed by atoms with Gasteiger partial charge in [-0.2, -0.15) is 4.98 Å². The van der Waals surface area contributed by atoms with Crippen molar-refractivity contribution in [2.75, 3.05) is 26.8 Å². The van der Waals surface area contributed by atoms with Crippen LogP contribution in [0.2, 0.25) is 0 Å². The molecule has 0 aromatic carbocycles. The zero-order chi connectivity index (χ0) is 15.8. The lowest BCUT2D eigenvalue weighted by atomic mass is 9.89. The second-order valence-corrected chi connectivity index (χ2v) is 5.78. The van der Waals surface area contributed by atoms with Crippen molar-refractivity contribution in [3.63, 3.8) is 0 Å². The second kappa shape index (κ2) is 10.6. The van der Waals surface area contributed by atoms with E-state index in [1.54, 1.807) is 7.11 Å². The third kappa shape index (κ3) is 6.45. The Morgan fingerprint density at radius 2 is 2.13 bits per heavy atom. The number of ether oxygens (including phenoxy) is 1. The highest BCUT2D eigenvalue weighted by atomic mass is 35.5. The molecule has 1 aromatic rings. The first-order valence-electron chi connectivity index (χ1n) is 8.03. The Hall–Kier alpha value is -1.18. The Balaban J connectivity index is 0.00000264. The lowest BCUT2D eigenvalue weighted by molar-refractivity contribution is -0.121. The third-order valence-electron chi connectivity index (χ3n) is 3.94. The summed E-state index contributed by atoms with van der Waals surface area (Å²) in [5.41, 5.74) is 0. The van der Waals surface area contributed by atoms with Crippen molar-refractivity contribution < 1.29 is 14.1 Å². The molecule has 7 nitrogen and oxygen atoms in total. The number of carbonyl (C=O) groups excluding carboxylic acids is 1. The molecule has 132 valence electrons. The van der Waals surface area contributed by atoms with Gasteiger partial charge in [-0.15, -0.1) is 12.4 Å². The molecule has 1 unspecified atom stereocenters. The summed E-state index contributed by atoms with van der Waals surface area (Å²) in [6.07, 6.45) is 6.01. The number of rotatable bonds is 8. The minimum atomic E-state index is -0.276. The highest BCUT2D eigenvalue weighted by Crippen LogP contribution is 2.31. The van der Waals surface area contributed by atoms with Crippen LogP contribution in [0.5, 0.6) is 0 Å². The molecule has 8 heteroatoms. The molecule has 0 saturated heterocycles. The highest BCUT2D eigenvalue weighted by molar-refractivity contribution is 5.85. The SMILES string of the molecule is COCCNCC(=O)NC(C)c1nc(C2CCCCC2)no1.Cl. The van der Waals surface area contributed by atoms with Gasteiger partial charge < -0.3 is 19.9 Å². The van der Waals surface area contributed by atoms with E-state index in [-0.39, 0.29) is 30.9 Å². The molecule has 0 bridgehead atoms. The molecule has 1 fully saturated rings. The van der Waals surface area contributed by atoms with E-state index < -0.39 is 0 Å². The van der Waals surface area contributed by atoms with E-state index in [0.29, 0.717) is 25.0 Å². The number of carbonyl (C=O) groups is 1. The molecule has 1 atom stereocenters. The summed E-state index contributed by atoms with van der Waals surface area (Å²) in [6, 6.07) is -0.276. The maximum Gasteiger partial charge on any atom is 0.248 e. The van der Waals surface area contributed by atoms with Crippen LogP contribution in [0.15, 0.2) is 4.52 Å². The molecule has 1 aliphatic rings. The van der Waals surface area contributed by atoms with E-state index in [9.17, 15) is 4.79 Å². The van der Waals surface area contributed by atoms with Crippen LogP contribution < -0.4 is 10.6 Å². The van der Waals surface area contributed by atoms with Crippen molar-refractivity contribution in [3.05, 3.63) is 11.7 Å². The van der Waals surface area contributed by atoms with Crippen molar-refractivity contribution >= 4 is 18.3 Å². The number of hydrogen-bond acceptors (Lipinski definition) is 6. The summed E-state index contributed by atoms with van der Waals surface area (Å²) in [5.74, 6) is 1.57. The Morgan fingerprint density at radius 3 is 2.83 bits per heavy atom. The summed E-state index contributed by atoms with van der Waals surface area (Å²) < 4.78 is 10.2. The smallest absolute Gasteiger partial charge is 0.248 e. The molecule has 0 aliphatic heterocycles. The molecule has 2 rings (SSSR count). The number of hydrogen-bond donors (Lipinski definition) is 2. The first kappa shape index (κ1) is 19.9. The van der Waals surface area contributed by atoms with Gasteiger partial charge in [0, 0.05) is 19.6 Å². The van der Waals surface area contributed by atoms with Crippen molar-refractivity contribution in [2.24, 2.45) is 0 Å². The molecule has 0 spiro atoms. The predicted octanol–water partition coefficient (Wildman–Crippen LogP) is 1.95. The van der Waals surface area contributed by atoms with Gasteiger partial charge in [0.2, 0.25) is 11.8 Å². The van der Waals surface area contributed by atoms with Gasteiger partial charge in [0.05, 0.1) is 13.2 Å². The Labute approximate surface area is 143 Å². The summed E-state index contributed by atoms with van der Waals surface area (Å²) in [4.78, 5) is 16.3. The lowest BCUT2D eigenvalue weighted by Gasteiger charge is -2.17. The molecule has 1 aliphatic carbocycles. The van der Waals surface area contributed by atoms with Gasteiger partial charge in [-0.1, -0.05) is 24.4 Å². The maximum absolute atomic E-state index is 11.8. The number of amides is 1. The molecule has 23 heavy (non-hydrogen) atoms. The zero-order valence-corrected chi connectivity index (χ0v) is 14.7. The Kier molecular flexibility index (Phi) is 9.13. The quantitative estimate of drug-likeness (QED) is 0.699. The van der Waals surface area contributed by atoms with Crippen molar-refractivity contribution in [2.45, 2.75) is 51.0 Å². The Morgan fingerprint density at radius 1 is 1.39 bits per heavy atom. The standard InChI is InChI=1S/C15H26N4O3.ClH/c1-11(17-13(20)10-16-8-9-21-2)15-18-14(19-22-15)12-6-4-3-5-7-12;/h11-12,16H,3-10H2,1-2H3,(H,17,20);1H. The van der Waals surface area contributed by atoms with Crippen LogP contribution in [0.3, 0.4) is 0 Å². The Bertz CT molecular complexity index is 463. The van der Waals surface area contributed by atoms with Gasteiger partial charge in [-0.05, 0) is 19.8 Å². The number of nitrogens with zero attached hydrogens (tertiary/aromatic N) is 2. The van der Waals surface area contributed by atoms with Crippen LogP contribution in [0, 0.1) is 0 Å². The molecular formula is C15H27ClN4O3. The normalized spacial score (nSPS) is 16.6. The number of aromatic nitrogens is 2. The largest absolute Gasteiger partial charge is 0.383 e. The zero-order valence-electron chi connectivity index (χ0n) is 13.8. The molecule has 2 N–H and O–H groups in total. The van der Waals surface area contributed by atoms with E-state index in [0.717, 1.165) is 18.7 Å². The number of halogens is 1. The molecule has 1 heterocycles. The van der Waals surface area contributed by atoms with Gasteiger partial charge in [0.25, 0.3) is 0 Å². The fraction of sp³-hybridized carbons (Fsp3) is 0.800. The first-order chi connectivity index (χ1) is 10.7. The van der Waals surface area contributed by atoms with E-state index in [2.05, 4.69) is 20.8 Å². The third-order valence-corrected chi connectivity index (χ3v) is 3.94. The van der Waals surface area contributed by atoms with Crippen LogP contribution in [0.4, 0.5) is 0 Å². The average molecular weight is 347 g/mol. The van der Waals surface area contributed by atoms with Crippen molar-refractivity contribution in [1.82, 2.24) is 20.8 Å². The summed E-state index contributed by atoms with van der Waals surface area (Å²) in [5, 5.41) is 9.93. The van der Waals surface area contributed by atoms with Crippen LogP contribution in [0.25, 0.3) is 0 Å². The minimum Gasteiger partial charge on any atom is -0.383 e. The van der Waals surface area contributed by atoms with Gasteiger partial charge >= 0.3 is 0 Å². The topological polar surface area (TPSA) is 89.3 Å². The van der Waals surface area contributed by atoms with E-state index in [4.69, 9.17) is 9.26 Å². The van der Waals surface area contributed by atoms with Crippen LogP contribution >= 0.6 is 12.4 Å². The molecule has 1 saturated carbocycles. The monoisotopic (exact) mass is 346 g/mol. The maximum atomic E-state index is 11.8. The molecule has 1 amide bonds. The molecule has 0 radical (unpaired) electrons. The fourth-order valence-corrected chi connectivity index (χ4v) is 2.68. The van der Waals surface area contributed by atoms with Crippen LogP contribution in [0.1, 0.15) is 62.7 Å². The summed E-state index contributed by atoms with van der Waals surface area (Å²) in [7, 11) is 1.63. The number of methoxy groups -OCH3 is 1. The van der Waals surface area contributed by atoms with Crippen LogP contribution in [-0.4, -0.2) is 42.9 Å². The van der Waals surface area contributed by atoms with E-state index >= 15 is 0 Å². The summed E-state index contributed by atoms with van der Waals surface area (Å²) in [6.45, 7) is 3.32. The minimum absolute atomic E-state index is 0. The summed E-state index contributed by atoms with van der Waals surface area (Å²) >= 11 is 0. The van der Waals surface area contributed by atoms with E-state index in [1.807, 2.05) is 6.92 Å². The van der Waals surface area contributed by atoms with Crippen molar-refractivity contribution in [1.29, 1.82) is 0 Å². The molecule has 1 aromatic heterocycles. The van der Waals surface area contributed by atoms with Crippen LogP contribution in [-0.2, 0) is 9.53 Å². The lowest BCUT2D eigenvalue weighted by Crippen LogP contribution is -2.36. The predicted molar refractivity (Wildman–Crippen MR) is 88.7 cm³/mol. The van der Waals surface area contributed by atoms with Crippen molar-refractivity contribution in [3.8, 4) is 0 Å². The van der Waals surface area contributed by atoms with Gasteiger partial charge in [0.1, 0.15) is 6.04 Å². The van der Waals surface area contributed by atoms with Gasteiger partial charge in [-0.3, -0.25) is 4.79 Å². The average Bonchev–Trinajstić information content (AvgIpc) is 3.02. The number of nitrogens with one attached hydrogen (secondary N) is 2. The van der Waals surface area contributed by atoms with Gasteiger partial charge in [-0.25, -0.2) is 0 Å². The highest BCUT2D eigenvalue weighted by Gasteiger charge is 2.23. The molecular weight excluding hydrogens is 320 g/mol. The first-order valence-corrected chi connectivity index (χ1v) is 8.03. The van der Waals surface area contributed by atoms with Gasteiger partial charge in [0.15, 0.2) is 5.82 Å². The van der Waals surface area contributed by atoms with E-state index in [1.165, 1.54) is 19.3 Å². The fourth-order valence-electron chi connectivity index (χ4n) is 2.68.